The predicted molar refractivity (Wildman–Crippen MR) is 110 cm³/mol. The molecular weight excluding hydrogens is 348 g/mol. The predicted octanol–water partition coefficient (Wildman–Crippen LogP) is 3.71. The first-order valence-electron chi connectivity index (χ1n) is 10.2. The van der Waals surface area contributed by atoms with Gasteiger partial charge in [0.05, 0.1) is 13.2 Å². The summed E-state index contributed by atoms with van der Waals surface area (Å²) < 4.78 is 5.48. The number of hydrogen-bond acceptors (Lipinski definition) is 4. The number of fused-ring (bicyclic) bond motifs is 5. The van der Waals surface area contributed by atoms with Crippen LogP contribution in [0.15, 0.2) is 48.5 Å². The van der Waals surface area contributed by atoms with Crippen LogP contribution in [-0.4, -0.2) is 52.7 Å². The number of nitrogens with zero attached hydrogens (tertiary/aromatic N) is 4. The summed E-state index contributed by atoms with van der Waals surface area (Å²) in [6, 6.07) is 17.5. The van der Waals surface area contributed by atoms with Gasteiger partial charge in [-0.25, -0.2) is 0 Å². The topological polar surface area (TPSA) is 43.2 Å². The molecule has 1 aliphatic heterocycles. The van der Waals surface area contributed by atoms with Crippen LogP contribution in [-0.2, 0) is 11.8 Å². The van der Waals surface area contributed by atoms with E-state index < -0.39 is 0 Å². The first-order valence-corrected chi connectivity index (χ1v) is 10.2. The van der Waals surface area contributed by atoms with Crippen molar-refractivity contribution in [2.24, 2.45) is 7.05 Å². The van der Waals surface area contributed by atoms with Crippen LogP contribution in [0.4, 0.5) is 0 Å². The van der Waals surface area contributed by atoms with E-state index in [9.17, 15) is 0 Å². The Morgan fingerprint density at radius 3 is 2.07 bits per heavy atom. The van der Waals surface area contributed by atoms with Gasteiger partial charge in [-0.3, -0.25) is 4.90 Å². The van der Waals surface area contributed by atoms with Gasteiger partial charge in [-0.2, -0.15) is 15.0 Å². The molecule has 1 aliphatic carbocycles. The second-order valence-corrected chi connectivity index (χ2v) is 7.71. The van der Waals surface area contributed by atoms with Gasteiger partial charge in [0, 0.05) is 37.2 Å². The minimum Gasteiger partial charge on any atom is -0.379 e. The Kier molecular flexibility index (Phi) is 4.71. The molecule has 0 spiro atoms. The molecule has 0 saturated carbocycles. The van der Waals surface area contributed by atoms with Crippen molar-refractivity contribution in [2.45, 2.75) is 18.8 Å². The highest BCUT2D eigenvalue weighted by Gasteiger charge is 2.29. The molecule has 0 bridgehead atoms. The first kappa shape index (κ1) is 17.6. The van der Waals surface area contributed by atoms with Crippen LogP contribution in [0.5, 0.6) is 0 Å². The number of aromatic nitrogens is 3. The molecule has 1 saturated heterocycles. The van der Waals surface area contributed by atoms with Gasteiger partial charge in [0.1, 0.15) is 11.4 Å². The van der Waals surface area contributed by atoms with Gasteiger partial charge in [0.2, 0.25) is 0 Å². The molecule has 3 aromatic rings. The van der Waals surface area contributed by atoms with Crippen LogP contribution in [0.2, 0.25) is 0 Å². The molecule has 144 valence electrons. The molecule has 0 amide bonds. The van der Waals surface area contributed by atoms with Gasteiger partial charge in [-0.05, 0) is 30.5 Å². The summed E-state index contributed by atoms with van der Waals surface area (Å²) in [5, 5.41) is 9.45. The van der Waals surface area contributed by atoms with Gasteiger partial charge in [0.25, 0.3) is 0 Å². The van der Waals surface area contributed by atoms with E-state index in [-0.39, 0.29) is 0 Å². The summed E-state index contributed by atoms with van der Waals surface area (Å²) in [5.41, 5.74) is 7.19. The second-order valence-electron chi connectivity index (χ2n) is 7.71. The third kappa shape index (κ3) is 3.15. The highest BCUT2D eigenvalue weighted by molar-refractivity contribution is 5.84. The lowest BCUT2D eigenvalue weighted by molar-refractivity contribution is 0.0371. The summed E-state index contributed by atoms with van der Waals surface area (Å²) >= 11 is 0. The van der Waals surface area contributed by atoms with Gasteiger partial charge >= 0.3 is 0 Å². The van der Waals surface area contributed by atoms with Gasteiger partial charge in [-0.15, -0.1) is 0 Å². The minimum absolute atomic E-state index is 0.370. The Morgan fingerprint density at radius 1 is 0.893 bits per heavy atom. The quantitative estimate of drug-likeness (QED) is 0.698. The largest absolute Gasteiger partial charge is 0.379 e. The van der Waals surface area contributed by atoms with E-state index in [0.717, 1.165) is 50.7 Å². The molecule has 5 heteroatoms. The monoisotopic (exact) mass is 374 g/mol. The van der Waals surface area contributed by atoms with Crippen molar-refractivity contribution in [3.63, 3.8) is 0 Å². The van der Waals surface area contributed by atoms with Gasteiger partial charge in [-0.1, -0.05) is 48.5 Å². The maximum atomic E-state index is 5.48. The van der Waals surface area contributed by atoms with E-state index >= 15 is 0 Å². The number of ether oxygens (including phenoxy) is 1. The van der Waals surface area contributed by atoms with Crippen LogP contribution in [0.1, 0.15) is 29.9 Å². The smallest absolute Gasteiger partial charge is 0.121 e. The molecule has 5 rings (SSSR count). The van der Waals surface area contributed by atoms with Crippen LogP contribution < -0.4 is 0 Å². The maximum Gasteiger partial charge on any atom is 0.121 e. The van der Waals surface area contributed by atoms with Crippen molar-refractivity contribution in [3.05, 3.63) is 59.7 Å². The molecule has 0 N–H and O–H groups in total. The van der Waals surface area contributed by atoms with Crippen molar-refractivity contribution in [1.29, 1.82) is 0 Å². The van der Waals surface area contributed by atoms with E-state index in [1.165, 1.54) is 28.7 Å². The molecule has 28 heavy (non-hydrogen) atoms. The van der Waals surface area contributed by atoms with Crippen LogP contribution in [0, 0.1) is 0 Å². The average Bonchev–Trinajstić information content (AvgIpc) is 3.09. The molecular formula is C23H26N4O. The Hall–Kier alpha value is -2.50. The van der Waals surface area contributed by atoms with Crippen molar-refractivity contribution < 1.29 is 4.74 Å². The number of aryl methyl sites for hydroxylation is 1. The van der Waals surface area contributed by atoms with Crippen LogP contribution >= 0.6 is 0 Å². The van der Waals surface area contributed by atoms with Crippen molar-refractivity contribution in [1.82, 2.24) is 19.9 Å². The molecule has 1 aromatic heterocycles. The zero-order chi connectivity index (χ0) is 18.9. The fourth-order valence-corrected chi connectivity index (χ4v) is 4.62. The summed E-state index contributed by atoms with van der Waals surface area (Å²) in [6.07, 6.45) is 2.30. The van der Waals surface area contributed by atoms with Crippen molar-refractivity contribution in [3.8, 4) is 22.5 Å². The minimum atomic E-state index is 0.370. The number of morpholine rings is 1. The lowest BCUT2D eigenvalue weighted by Crippen LogP contribution is -2.36. The molecule has 2 aromatic carbocycles. The van der Waals surface area contributed by atoms with Crippen LogP contribution in [0.3, 0.4) is 0 Å². The Balaban J connectivity index is 1.52. The SMILES string of the molecule is Cn1nc2c(n1)-c1ccccc1C(CCCN1CCOCC1)c1ccccc1-2. The summed E-state index contributed by atoms with van der Waals surface area (Å²) in [7, 11) is 1.90. The second kappa shape index (κ2) is 7.49. The Morgan fingerprint density at radius 2 is 1.46 bits per heavy atom. The standard InChI is InChI=1S/C23H26N4O/c1-26-24-22-20-9-4-2-7-18(20)17(11-6-12-27-13-15-28-16-14-27)19-8-3-5-10-21(19)23(22)25-26/h2-5,7-10,17H,6,11-16H2,1H3. The lowest BCUT2D eigenvalue weighted by atomic mass is 9.84. The Bertz CT molecular complexity index is 909. The van der Waals surface area contributed by atoms with Crippen molar-refractivity contribution in [2.75, 3.05) is 32.8 Å². The number of benzene rings is 2. The average molecular weight is 374 g/mol. The molecule has 5 nitrogen and oxygen atoms in total. The van der Waals surface area contributed by atoms with Gasteiger partial charge < -0.3 is 4.74 Å². The molecule has 0 unspecified atom stereocenters. The molecule has 0 radical (unpaired) electrons. The Labute approximate surface area is 165 Å². The molecule has 2 aliphatic rings. The van der Waals surface area contributed by atoms with Crippen molar-refractivity contribution >= 4 is 0 Å². The normalized spacial score (nSPS) is 16.9. The third-order valence-electron chi connectivity index (χ3n) is 5.97. The third-order valence-corrected chi connectivity index (χ3v) is 5.97. The summed E-state index contributed by atoms with van der Waals surface area (Å²) in [5.74, 6) is 0.370. The van der Waals surface area contributed by atoms with E-state index in [1.807, 2.05) is 7.05 Å². The molecule has 1 fully saturated rings. The number of hydrogen-bond donors (Lipinski definition) is 0. The molecule has 0 atom stereocenters. The molecule has 2 heterocycles. The highest BCUT2D eigenvalue weighted by Crippen LogP contribution is 2.45. The summed E-state index contributed by atoms with van der Waals surface area (Å²) in [4.78, 5) is 4.22. The summed E-state index contributed by atoms with van der Waals surface area (Å²) in [6.45, 7) is 4.97. The van der Waals surface area contributed by atoms with E-state index in [1.54, 1.807) is 4.80 Å². The maximum absolute atomic E-state index is 5.48. The lowest BCUT2D eigenvalue weighted by Gasteiger charge is -2.27. The zero-order valence-corrected chi connectivity index (χ0v) is 16.3. The first-order chi connectivity index (χ1) is 13.8. The fourth-order valence-electron chi connectivity index (χ4n) is 4.62. The highest BCUT2D eigenvalue weighted by atomic mass is 16.5. The van der Waals surface area contributed by atoms with E-state index in [0.29, 0.717) is 5.92 Å². The van der Waals surface area contributed by atoms with Crippen LogP contribution in [0.25, 0.3) is 22.5 Å². The van der Waals surface area contributed by atoms with Gasteiger partial charge in [0.15, 0.2) is 0 Å². The zero-order valence-electron chi connectivity index (χ0n) is 16.3. The van der Waals surface area contributed by atoms with E-state index in [2.05, 4.69) is 53.4 Å². The fraction of sp³-hybridized carbons (Fsp3) is 0.391. The van der Waals surface area contributed by atoms with E-state index in [4.69, 9.17) is 14.9 Å². The number of rotatable bonds is 4.